The third-order valence-electron chi connectivity index (χ3n) is 6.04. The molecule has 0 unspecified atom stereocenters. The average molecular weight is 469 g/mol. The number of aromatic nitrogens is 5. The minimum Gasteiger partial charge on any atom is -0.497 e. The predicted octanol–water partition coefficient (Wildman–Crippen LogP) is 4.04. The Hall–Kier alpha value is -4.73. The summed E-state index contributed by atoms with van der Waals surface area (Å²) in [4.78, 5) is 20.1. The molecule has 2 aromatic carbocycles. The van der Waals surface area contributed by atoms with Crippen molar-refractivity contribution in [3.63, 3.8) is 0 Å². The summed E-state index contributed by atoms with van der Waals surface area (Å²) in [6.45, 7) is 0.944. The van der Waals surface area contributed by atoms with E-state index in [4.69, 9.17) is 4.74 Å². The summed E-state index contributed by atoms with van der Waals surface area (Å²) in [7, 11) is 1.57. The van der Waals surface area contributed by atoms with Crippen LogP contribution in [0.15, 0.2) is 67.1 Å². The minimum atomic E-state index is -0.390. The second-order valence-corrected chi connectivity index (χ2v) is 8.20. The monoisotopic (exact) mass is 469 g/mol. The third kappa shape index (κ3) is 3.65. The van der Waals surface area contributed by atoms with Crippen molar-refractivity contribution in [2.24, 2.45) is 0 Å². The number of carbonyl (C=O) groups excluding carboxylic acids is 1. The molecule has 4 heterocycles. The summed E-state index contributed by atoms with van der Waals surface area (Å²) >= 11 is 0. The zero-order valence-electron chi connectivity index (χ0n) is 18.7. The maximum Gasteiger partial charge on any atom is 0.278 e. The molecule has 0 saturated carbocycles. The van der Waals surface area contributed by atoms with Crippen molar-refractivity contribution in [3.8, 4) is 17.0 Å². The van der Waals surface area contributed by atoms with E-state index in [1.807, 2.05) is 11.0 Å². The van der Waals surface area contributed by atoms with Gasteiger partial charge in [0, 0.05) is 42.8 Å². The lowest BCUT2D eigenvalue weighted by atomic mass is 10.1. The van der Waals surface area contributed by atoms with E-state index in [0.717, 1.165) is 22.4 Å². The number of hydrogen-bond donors (Lipinski definition) is 2. The van der Waals surface area contributed by atoms with Crippen LogP contribution in [-0.2, 0) is 13.1 Å². The average Bonchev–Trinajstić information content (AvgIpc) is 3.61. The first-order valence-corrected chi connectivity index (χ1v) is 11.0. The Bertz CT molecular complexity index is 1560. The number of nitrogens with zero attached hydrogens (tertiary/aromatic N) is 5. The summed E-state index contributed by atoms with van der Waals surface area (Å²) < 4.78 is 20.8. The van der Waals surface area contributed by atoms with Gasteiger partial charge in [0.1, 0.15) is 17.3 Å². The van der Waals surface area contributed by atoms with E-state index < -0.39 is 0 Å². The molecular weight excluding hydrogens is 449 g/mol. The van der Waals surface area contributed by atoms with Crippen molar-refractivity contribution in [1.29, 1.82) is 0 Å². The van der Waals surface area contributed by atoms with Crippen LogP contribution >= 0.6 is 0 Å². The molecular formula is C25H20FN7O2. The molecule has 10 heteroatoms. The molecule has 0 radical (unpaired) electrons. The summed E-state index contributed by atoms with van der Waals surface area (Å²) in [5, 5.41) is 14.4. The number of aromatic amines is 1. The van der Waals surface area contributed by atoms with Gasteiger partial charge in [-0.15, -0.1) is 0 Å². The van der Waals surface area contributed by atoms with Crippen LogP contribution in [0, 0.1) is 5.82 Å². The molecule has 1 amide bonds. The molecule has 2 N–H and O–H groups in total. The zero-order valence-corrected chi connectivity index (χ0v) is 18.7. The van der Waals surface area contributed by atoms with Gasteiger partial charge in [0.25, 0.3) is 5.91 Å². The Morgan fingerprint density at radius 2 is 2.03 bits per heavy atom. The molecule has 0 bridgehead atoms. The lowest BCUT2D eigenvalue weighted by Crippen LogP contribution is -2.20. The molecule has 0 spiro atoms. The largest absolute Gasteiger partial charge is 0.497 e. The molecule has 6 rings (SSSR count). The molecule has 0 atom stereocenters. The summed E-state index contributed by atoms with van der Waals surface area (Å²) in [6, 6.07) is 13.7. The van der Waals surface area contributed by atoms with Crippen LogP contribution < -0.4 is 15.0 Å². The molecule has 1 aliphatic heterocycles. The van der Waals surface area contributed by atoms with Crippen LogP contribution in [-0.4, -0.2) is 37.8 Å². The maximum atomic E-state index is 13.9. The number of halogens is 1. The Kier molecular flexibility index (Phi) is 4.91. The molecule has 1 aliphatic rings. The number of rotatable bonds is 5. The van der Waals surface area contributed by atoms with Crippen LogP contribution in [0.1, 0.15) is 21.6 Å². The number of nitrogens with one attached hydrogen (secondary N) is 2. The van der Waals surface area contributed by atoms with Crippen molar-refractivity contribution in [3.05, 3.63) is 89.8 Å². The van der Waals surface area contributed by atoms with Crippen molar-refractivity contribution < 1.29 is 13.9 Å². The maximum absolute atomic E-state index is 13.9. The number of methoxy groups -OCH3 is 1. The lowest BCUT2D eigenvalue weighted by molar-refractivity contribution is 0.102. The molecule has 5 aromatic rings. The van der Waals surface area contributed by atoms with Gasteiger partial charge in [0.15, 0.2) is 11.3 Å². The number of fused-ring (bicyclic) bond motifs is 2. The van der Waals surface area contributed by atoms with Crippen molar-refractivity contribution in [1.82, 2.24) is 24.8 Å². The summed E-state index contributed by atoms with van der Waals surface area (Å²) in [6.07, 6.45) is 5.11. The highest BCUT2D eigenvalue weighted by atomic mass is 19.1. The molecule has 35 heavy (non-hydrogen) atoms. The standard InChI is InChI=1S/C25H20FN7O2/c1-35-20-4-2-3-19(10-20)30-25(34)22-23(32-13-15-5-6-18(26)9-16(15)14-32)24-27-8-7-21(33(24)31-22)17-11-28-29-12-17/h2-12H,13-14H2,1H3,(H,28,29)(H,30,34). The minimum absolute atomic E-state index is 0.213. The van der Waals surface area contributed by atoms with Crippen LogP contribution in [0.5, 0.6) is 5.75 Å². The van der Waals surface area contributed by atoms with Gasteiger partial charge in [-0.1, -0.05) is 12.1 Å². The molecule has 0 saturated heterocycles. The SMILES string of the molecule is COc1cccc(NC(=O)c2nn3c(-c4cn[nH]c4)ccnc3c2N2Cc3ccc(F)cc3C2)c1. The number of amides is 1. The Morgan fingerprint density at radius 3 is 2.86 bits per heavy atom. The topological polar surface area (TPSA) is 100 Å². The van der Waals surface area contributed by atoms with Gasteiger partial charge in [-0.3, -0.25) is 9.89 Å². The van der Waals surface area contributed by atoms with E-state index >= 15 is 0 Å². The van der Waals surface area contributed by atoms with Crippen LogP contribution in [0.2, 0.25) is 0 Å². The van der Waals surface area contributed by atoms with E-state index in [1.165, 1.54) is 12.1 Å². The molecule has 174 valence electrons. The first-order chi connectivity index (χ1) is 17.1. The predicted molar refractivity (Wildman–Crippen MR) is 128 cm³/mol. The van der Waals surface area contributed by atoms with Gasteiger partial charge < -0.3 is 15.0 Å². The fraction of sp³-hybridized carbons (Fsp3) is 0.120. The third-order valence-corrected chi connectivity index (χ3v) is 6.04. The van der Waals surface area contributed by atoms with E-state index in [2.05, 4.69) is 25.6 Å². The second-order valence-electron chi connectivity index (χ2n) is 8.20. The highest BCUT2D eigenvalue weighted by Crippen LogP contribution is 2.35. The van der Waals surface area contributed by atoms with Gasteiger partial charge in [-0.2, -0.15) is 10.2 Å². The van der Waals surface area contributed by atoms with Crippen molar-refractivity contribution >= 4 is 22.9 Å². The summed E-state index contributed by atoms with van der Waals surface area (Å²) in [5.74, 6) is -0.0557. The van der Waals surface area contributed by atoms with Crippen molar-refractivity contribution in [2.75, 3.05) is 17.3 Å². The fourth-order valence-electron chi connectivity index (χ4n) is 4.40. The zero-order chi connectivity index (χ0) is 23.9. The normalized spacial score (nSPS) is 12.7. The number of H-pyrrole nitrogens is 1. The lowest BCUT2D eigenvalue weighted by Gasteiger charge is -2.17. The Labute approximate surface area is 199 Å². The van der Waals surface area contributed by atoms with E-state index in [9.17, 15) is 9.18 Å². The molecule has 0 fully saturated rings. The van der Waals surface area contributed by atoms with E-state index in [-0.39, 0.29) is 17.4 Å². The second kappa shape index (κ2) is 8.24. The Morgan fingerprint density at radius 1 is 1.14 bits per heavy atom. The van der Waals surface area contributed by atoms with Gasteiger partial charge in [0.05, 0.1) is 19.0 Å². The van der Waals surface area contributed by atoms with Gasteiger partial charge in [0.2, 0.25) is 0 Å². The highest BCUT2D eigenvalue weighted by molar-refractivity contribution is 6.09. The van der Waals surface area contributed by atoms with E-state index in [1.54, 1.807) is 60.5 Å². The number of anilines is 2. The van der Waals surface area contributed by atoms with Gasteiger partial charge in [-0.25, -0.2) is 13.9 Å². The van der Waals surface area contributed by atoms with Gasteiger partial charge in [-0.05, 0) is 41.5 Å². The molecule has 0 aliphatic carbocycles. The van der Waals surface area contributed by atoms with Crippen LogP contribution in [0.4, 0.5) is 15.8 Å². The smallest absolute Gasteiger partial charge is 0.278 e. The number of ether oxygens (including phenoxy) is 1. The first-order valence-electron chi connectivity index (χ1n) is 11.0. The Balaban J connectivity index is 1.47. The van der Waals surface area contributed by atoms with E-state index in [0.29, 0.717) is 35.9 Å². The summed E-state index contributed by atoms with van der Waals surface area (Å²) in [5.41, 5.74) is 5.29. The van der Waals surface area contributed by atoms with Crippen LogP contribution in [0.25, 0.3) is 16.9 Å². The number of hydrogen-bond acceptors (Lipinski definition) is 6. The fourth-order valence-corrected chi connectivity index (χ4v) is 4.40. The van der Waals surface area contributed by atoms with Crippen LogP contribution in [0.3, 0.4) is 0 Å². The number of benzene rings is 2. The number of carbonyl (C=O) groups is 1. The first kappa shape index (κ1) is 20.8. The quantitative estimate of drug-likeness (QED) is 0.403. The molecule has 9 nitrogen and oxygen atoms in total. The van der Waals surface area contributed by atoms with Gasteiger partial charge >= 0.3 is 0 Å². The molecule has 3 aromatic heterocycles. The highest BCUT2D eigenvalue weighted by Gasteiger charge is 2.30. The van der Waals surface area contributed by atoms with Crippen molar-refractivity contribution in [2.45, 2.75) is 13.1 Å².